The van der Waals surface area contributed by atoms with Gasteiger partial charge in [-0.25, -0.2) is 0 Å². The van der Waals surface area contributed by atoms with Crippen molar-refractivity contribution in [1.82, 2.24) is 16.9 Å². The maximum atomic E-state index is 3.90. The zero-order chi connectivity index (χ0) is 12.0. The lowest BCUT2D eigenvalue weighted by molar-refractivity contribution is 0.677. The highest BCUT2D eigenvalue weighted by Gasteiger charge is 2.17. The minimum atomic E-state index is -0.405. The molecule has 0 aliphatic carbocycles. The fraction of sp³-hybridized carbons (Fsp3) is 0. The summed E-state index contributed by atoms with van der Waals surface area (Å²) in [5.41, 5.74) is 0. The SMILES string of the molecule is C=CN1[SiH2]N(C=C)[SiH2]N(C=C)[SiH2]N(C=C)[SiH2]1. The molecule has 0 bridgehead atoms. The summed E-state index contributed by atoms with van der Waals surface area (Å²) in [6, 6.07) is 0. The molecule has 0 radical (unpaired) electrons. The highest BCUT2D eigenvalue weighted by atomic mass is 28.4. The van der Waals surface area contributed by atoms with Crippen LogP contribution in [0.4, 0.5) is 0 Å². The van der Waals surface area contributed by atoms with Crippen molar-refractivity contribution in [2.24, 2.45) is 0 Å². The summed E-state index contributed by atoms with van der Waals surface area (Å²) in [5, 5.41) is 0. The summed E-state index contributed by atoms with van der Waals surface area (Å²) in [5.74, 6) is 0. The van der Waals surface area contributed by atoms with Crippen molar-refractivity contribution in [3.05, 3.63) is 51.1 Å². The van der Waals surface area contributed by atoms with Gasteiger partial charge in [-0.3, -0.25) is 0 Å². The van der Waals surface area contributed by atoms with Crippen molar-refractivity contribution < 1.29 is 0 Å². The third kappa shape index (κ3) is 3.55. The van der Waals surface area contributed by atoms with E-state index in [-0.39, 0.29) is 0 Å². The lowest BCUT2D eigenvalue weighted by atomic mass is 11.1. The Morgan fingerprint density at radius 2 is 0.688 bits per heavy atom. The van der Waals surface area contributed by atoms with Crippen LogP contribution in [0.2, 0.25) is 0 Å². The van der Waals surface area contributed by atoms with E-state index in [4.69, 9.17) is 0 Å². The number of nitrogens with zero attached hydrogens (tertiary/aromatic N) is 4. The van der Waals surface area contributed by atoms with Crippen LogP contribution < -0.4 is 0 Å². The number of rotatable bonds is 4. The van der Waals surface area contributed by atoms with E-state index in [9.17, 15) is 0 Å². The van der Waals surface area contributed by atoms with E-state index in [0.717, 1.165) is 0 Å². The zero-order valence-corrected chi connectivity index (χ0v) is 15.4. The van der Waals surface area contributed by atoms with Gasteiger partial charge < -0.3 is 16.9 Å². The molecule has 8 heteroatoms. The minimum Gasteiger partial charge on any atom is -0.409 e. The Morgan fingerprint density at radius 3 is 0.812 bits per heavy atom. The molecule has 4 nitrogen and oxygen atoms in total. The lowest BCUT2D eigenvalue weighted by Gasteiger charge is -2.40. The van der Waals surface area contributed by atoms with E-state index in [1.54, 1.807) is 0 Å². The molecular weight excluding hydrogens is 264 g/mol. The summed E-state index contributed by atoms with van der Waals surface area (Å²) < 4.78 is 9.79. The first kappa shape index (κ1) is 13.1. The minimum absolute atomic E-state index is 0.405. The molecule has 1 aliphatic rings. The van der Waals surface area contributed by atoms with Gasteiger partial charge in [0.15, 0.2) is 0 Å². The monoisotopic (exact) mass is 284 g/mol. The zero-order valence-electron chi connectivity index (χ0n) is 9.76. The quantitative estimate of drug-likeness (QED) is 0.542. The largest absolute Gasteiger partial charge is 0.409 e. The first-order chi connectivity index (χ1) is 7.73. The second-order valence-corrected chi connectivity index (χ2v) is 14.9. The smallest absolute Gasteiger partial charge is 0.215 e. The van der Waals surface area contributed by atoms with Crippen LogP contribution in [-0.2, 0) is 0 Å². The van der Waals surface area contributed by atoms with Crippen LogP contribution in [-0.4, -0.2) is 56.3 Å². The van der Waals surface area contributed by atoms with Gasteiger partial charge in [0, 0.05) is 0 Å². The topological polar surface area (TPSA) is 13.0 Å². The Bertz CT molecular complexity index is 221. The molecule has 1 aliphatic heterocycles. The summed E-state index contributed by atoms with van der Waals surface area (Å²) in [4.78, 5) is 0. The van der Waals surface area contributed by atoms with E-state index in [0.29, 0.717) is 0 Å². The van der Waals surface area contributed by atoms with Crippen LogP contribution in [0.15, 0.2) is 51.1 Å². The Hall–Kier alpha value is -0.972. The van der Waals surface area contributed by atoms with Crippen molar-refractivity contribution in [2.45, 2.75) is 0 Å². The third-order valence-corrected chi connectivity index (χ3v) is 12.3. The van der Waals surface area contributed by atoms with Gasteiger partial charge in [-0.1, -0.05) is 26.3 Å². The molecule has 16 heavy (non-hydrogen) atoms. The second kappa shape index (κ2) is 6.58. The van der Waals surface area contributed by atoms with Gasteiger partial charge in [0.2, 0.25) is 39.4 Å². The van der Waals surface area contributed by atoms with Crippen molar-refractivity contribution in [3.63, 3.8) is 0 Å². The Kier molecular flexibility index (Phi) is 5.38. The number of hydrogen-bond donors (Lipinski definition) is 0. The predicted octanol–water partition coefficient (Wildman–Crippen LogP) is -2.22. The van der Waals surface area contributed by atoms with E-state index < -0.39 is 39.4 Å². The molecule has 0 spiro atoms. The molecule has 0 N–H and O–H groups in total. The fourth-order valence-corrected chi connectivity index (χ4v) is 15.4. The van der Waals surface area contributed by atoms with E-state index in [1.807, 2.05) is 24.8 Å². The molecule has 0 aromatic heterocycles. The molecular formula is C8H20N4Si4. The molecule has 0 saturated carbocycles. The van der Waals surface area contributed by atoms with Crippen LogP contribution in [0.3, 0.4) is 0 Å². The molecule has 1 saturated heterocycles. The van der Waals surface area contributed by atoms with E-state index in [1.165, 1.54) is 0 Å². The lowest BCUT2D eigenvalue weighted by Crippen LogP contribution is -2.55. The Balaban J connectivity index is 2.75. The molecule has 0 unspecified atom stereocenters. The van der Waals surface area contributed by atoms with Gasteiger partial charge in [0.1, 0.15) is 0 Å². The fourth-order valence-electron chi connectivity index (χ4n) is 1.57. The summed E-state index contributed by atoms with van der Waals surface area (Å²) >= 11 is 0. The predicted molar refractivity (Wildman–Crippen MR) is 82.3 cm³/mol. The van der Waals surface area contributed by atoms with Crippen molar-refractivity contribution >= 4 is 39.4 Å². The van der Waals surface area contributed by atoms with Crippen molar-refractivity contribution in [2.75, 3.05) is 0 Å². The van der Waals surface area contributed by atoms with Gasteiger partial charge in [-0.15, -0.1) is 0 Å². The van der Waals surface area contributed by atoms with Crippen LogP contribution in [0.5, 0.6) is 0 Å². The van der Waals surface area contributed by atoms with Gasteiger partial charge in [-0.05, 0) is 24.8 Å². The summed E-state index contributed by atoms with van der Waals surface area (Å²) in [7, 11) is -1.62. The first-order valence-electron chi connectivity index (χ1n) is 5.20. The molecule has 0 atom stereocenters. The standard InChI is InChI=1S/C8H20N4Si4/c1-5-9-13-10(6-2)15-12(8-4)16-11(7-3)14-9/h5-8H,1-4,13-16H2. The molecule has 0 aromatic rings. The molecule has 88 valence electrons. The maximum Gasteiger partial charge on any atom is 0.215 e. The van der Waals surface area contributed by atoms with Gasteiger partial charge in [0.25, 0.3) is 0 Å². The molecule has 1 rings (SSSR count). The van der Waals surface area contributed by atoms with Crippen molar-refractivity contribution in [1.29, 1.82) is 0 Å². The Labute approximate surface area is 108 Å². The second-order valence-electron chi connectivity index (χ2n) is 3.65. The van der Waals surface area contributed by atoms with Crippen LogP contribution >= 0.6 is 0 Å². The molecule has 0 amide bonds. The summed E-state index contributed by atoms with van der Waals surface area (Å²) in [6.07, 6.45) is 7.99. The Morgan fingerprint density at radius 1 is 0.500 bits per heavy atom. The van der Waals surface area contributed by atoms with Gasteiger partial charge >= 0.3 is 0 Å². The van der Waals surface area contributed by atoms with Crippen LogP contribution in [0.1, 0.15) is 0 Å². The van der Waals surface area contributed by atoms with Gasteiger partial charge in [0.05, 0.1) is 0 Å². The van der Waals surface area contributed by atoms with E-state index in [2.05, 4.69) is 43.2 Å². The highest BCUT2D eigenvalue weighted by Crippen LogP contribution is 2.01. The first-order valence-corrected chi connectivity index (χ1v) is 10.3. The molecule has 1 fully saturated rings. The summed E-state index contributed by atoms with van der Waals surface area (Å²) in [6.45, 7) is 15.6. The average Bonchev–Trinajstić information content (AvgIpc) is 2.29. The van der Waals surface area contributed by atoms with Crippen LogP contribution in [0, 0.1) is 0 Å². The highest BCUT2D eigenvalue weighted by molar-refractivity contribution is 6.65. The van der Waals surface area contributed by atoms with Gasteiger partial charge in [-0.2, -0.15) is 0 Å². The number of hydrogen-bond acceptors (Lipinski definition) is 4. The van der Waals surface area contributed by atoms with Crippen LogP contribution in [0.25, 0.3) is 0 Å². The maximum absolute atomic E-state index is 3.90. The molecule has 1 heterocycles. The normalized spacial score (nSPS) is 23.5. The third-order valence-electron chi connectivity index (χ3n) is 2.49. The van der Waals surface area contributed by atoms with E-state index >= 15 is 0 Å². The average molecular weight is 285 g/mol. The molecule has 0 aromatic carbocycles. The van der Waals surface area contributed by atoms with Crippen molar-refractivity contribution in [3.8, 4) is 0 Å².